The second-order valence-electron chi connectivity index (χ2n) is 14.6. The second kappa shape index (κ2) is 28.5. The number of esters is 2. The first-order valence-corrected chi connectivity index (χ1v) is 20.4. The van der Waals surface area contributed by atoms with E-state index in [9.17, 15) is 39.0 Å². The summed E-state index contributed by atoms with van der Waals surface area (Å²) < 4.78 is 10.1. The number of hydrogen-bond donors (Lipinski definition) is 2. The molecule has 0 fully saturated rings. The number of carboxylic acids is 2. The summed E-state index contributed by atoms with van der Waals surface area (Å²) in [6.45, 7) is 7.61. The van der Waals surface area contributed by atoms with Gasteiger partial charge in [0.2, 0.25) is 11.8 Å². The molecule has 0 radical (unpaired) electrons. The maximum Gasteiger partial charge on any atom is 2.00 e. The van der Waals surface area contributed by atoms with Gasteiger partial charge in [-0.05, 0) is 85.8 Å². The van der Waals surface area contributed by atoms with Gasteiger partial charge in [-0.1, -0.05) is 123 Å². The molecule has 0 aliphatic rings. The summed E-state index contributed by atoms with van der Waals surface area (Å²) in [6.07, 6.45) is 0.868. The third-order valence-electron chi connectivity index (χ3n) is 9.58. The van der Waals surface area contributed by atoms with E-state index in [0.29, 0.717) is 38.9 Å². The largest absolute Gasteiger partial charge is 2.00 e. The molecule has 12 nitrogen and oxygen atoms in total. The SMILES string of the molecule is CCOC(=O)C(C)CC(Cc1ccc(-c2ccccc2)cc1)NC(=O)CCC(=O)[O-].CCOC(=O)C(C)CC(Cc1ccc(-c2ccccc2)cc1)NC(=O)CCC(=O)[O-].[Ca+2]. The first kappa shape index (κ1) is 52.1. The summed E-state index contributed by atoms with van der Waals surface area (Å²) in [6, 6.07) is 35.5. The van der Waals surface area contributed by atoms with Gasteiger partial charge in [-0.15, -0.1) is 0 Å². The van der Waals surface area contributed by atoms with Gasteiger partial charge in [0.25, 0.3) is 0 Å². The number of amides is 2. The number of benzene rings is 4. The van der Waals surface area contributed by atoms with Crippen molar-refractivity contribution in [1.29, 1.82) is 0 Å². The Bertz CT molecular complexity index is 1820. The Hall–Kier alpha value is -5.04. The van der Waals surface area contributed by atoms with Gasteiger partial charge in [0.15, 0.2) is 0 Å². The molecule has 13 heteroatoms. The fourth-order valence-electron chi connectivity index (χ4n) is 6.53. The zero-order valence-electron chi connectivity index (χ0n) is 35.6. The van der Waals surface area contributed by atoms with E-state index in [2.05, 4.69) is 10.6 Å². The van der Waals surface area contributed by atoms with Gasteiger partial charge in [-0.3, -0.25) is 19.2 Å². The van der Waals surface area contributed by atoms with Gasteiger partial charge in [0.1, 0.15) is 0 Å². The van der Waals surface area contributed by atoms with Gasteiger partial charge >= 0.3 is 49.7 Å². The number of rotatable bonds is 22. The molecule has 0 aliphatic carbocycles. The minimum Gasteiger partial charge on any atom is -0.550 e. The zero-order chi connectivity index (χ0) is 43.9. The van der Waals surface area contributed by atoms with Crippen LogP contribution in [0.1, 0.15) is 77.3 Å². The molecule has 4 atom stereocenters. The standard InChI is InChI=1S/2C24H29NO5.Ca/c2*1-3-30-24(29)17(2)15-21(25-22(26)13-14-23(27)28)16-18-9-11-20(12-10-18)19-7-5-4-6-8-19;/h2*4-12,17,21H,3,13-16H2,1-2H3,(H,25,26)(H,27,28);/q;;+2/p-2. The fourth-order valence-corrected chi connectivity index (χ4v) is 6.53. The molecule has 0 aromatic heterocycles. The summed E-state index contributed by atoms with van der Waals surface area (Å²) in [7, 11) is 0. The second-order valence-corrected chi connectivity index (χ2v) is 14.6. The molecule has 320 valence electrons. The van der Waals surface area contributed by atoms with Crippen molar-refractivity contribution < 1.29 is 48.5 Å². The molecular formula is C48H56CaN2O10. The molecule has 0 saturated heterocycles. The molecule has 2 N–H and O–H groups in total. The Labute approximate surface area is 388 Å². The predicted molar refractivity (Wildman–Crippen MR) is 230 cm³/mol. The van der Waals surface area contributed by atoms with Crippen LogP contribution in [0.3, 0.4) is 0 Å². The van der Waals surface area contributed by atoms with E-state index in [-0.39, 0.29) is 111 Å². The maximum atomic E-state index is 12.1. The first-order valence-electron chi connectivity index (χ1n) is 20.4. The number of nitrogens with one attached hydrogen (secondary N) is 2. The van der Waals surface area contributed by atoms with Crippen LogP contribution in [0.4, 0.5) is 0 Å². The predicted octanol–water partition coefficient (Wildman–Crippen LogP) is 4.62. The first-order chi connectivity index (χ1) is 28.8. The van der Waals surface area contributed by atoms with Crippen LogP contribution < -0.4 is 20.8 Å². The van der Waals surface area contributed by atoms with Crippen molar-refractivity contribution in [2.75, 3.05) is 13.2 Å². The number of ether oxygens (including phenoxy) is 2. The third-order valence-corrected chi connectivity index (χ3v) is 9.58. The van der Waals surface area contributed by atoms with Crippen LogP contribution in [0.2, 0.25) is 0 Å². The van der Waals surface area contributed by atoms with Gasteiger partial charge in [-0.25, -0.2) is 0 Å². The number of carbonyl (C=O) groups is 6. The summed E-state index contributed by atoms with van der Waals surface area (Å²) in [4.78, 5) is 69.5. The topological polar surface area (TPSA) is 191 Å². The van der Waals surface area contributed by atoms with Gasteiger partial charge in [0.05, 0.1) is 25.0 Å². The van der Waals surface area contributed by atoms with Crippen molar-refractivity contribution in [1.82, 2.24) is 10.6 Å². The van der Waals surface area contributed by atoms with Crippen molar-refractivity contribution in [3.63, 3.8) is 0 Å². The van der Waals surface area contributed by atoms with Gasteiger partial charge in [-0.2, -0.15) is 0 Å². The number of carboxylic acid groups (broad SMARTS) is 2. The van der Waals surface area contributed by atoms with Crippen LogP contribution in [0, 0.1) is 11.8 Å². The summed E-state index contributed by atoms with van der Waals surface area (Å²) in [5.41, 5.74) is 6.44. The Morgan fingerprint density at radius 1 is 0.492 bits per heavy atom. The summed E-state index contributed by atoms with van der Waals surface area (Å²) in [5, 5.41) is 26.9. The van der Waals surface area contributed by atoms with E-state index in [1.165, 1.54) is 0 Å². The molecular weight excluding hydrogens is 805 g/mol. The zero-order valence-corrected chi connectivity index (χ0v) is 37.8. The molecule has 4 aromatic rings. The number of aliphatic carboxylic acids is 2. The Kier molecular flexibility index (Phi) is 24.3. The van der Waals surface area contributed by atoms with Gasteiger partial charge in [0, 0.05) is 36.9 Å². The van der Waals surface area contributed by atoms with Crippen LogP contribution in [-0.2, 0) is 51.1 Å². The minimum absolute atomic E-state index is 0. The summed E-state index contributed by atoms with van der Waals surface area (Å²) >= 11 is 0. The molecule has 0 spiro atoms. The normalized spacial score (nSPS) is 12.4. The number of hydrogen-bond acceptors (Lipinski definition) is 10. The average molecular weight is 861 g/mol. The van der Waals surface area contributed by atoms with E-state index in [1.807, 2.05) is 109 Å². The Balaban J connectivity index is 0.000000413. The van der Waals surface area contributed by atoms with Crippen LogP contribution in [-0.4, -0.2) is 98.7 Å². The molecule has 61 heavy (non-hydrogen) atoms. The smallest absolute Gasteiger partial charge is 0.550 e. The third kappa shape index (κ3) is 20.4. The minimum atomic E-state index is -1.27. The average Bonchev–Trinajstić information content (AvgIpc) is 3.23. The van der Waals surface area contributed by atoms with Crippen molar-refractivity contribution in [2.45, 2.75) is 91.1 Å². The van der Waals surface area contributed by atoms with Crippen LogP contribution in [0.15, 0.2) is 109 Å². The summed E-state index contributed by atoms with van der Waals surface area (Å²) in [5.74, 6) is -4.68. The quantitative estimate of drug-likeness (QED) is 0.0833. The van der Waals surface area contributed by atoms with E-state index in [4.69, 9.17) is 9.47 Å². The fraction of sp³-hybridized carbons (Fsp3) is 0.375. The van der Waals surface area contributed by atoms with Crippen molar-refractivity contribution >= 4 is 73.4 Å². The molecule has 0 saturated carbocycles. The van der Waals surface area contributed by atoms with Crippen LogP contribution in [0.5, 0.6) is 0 Å². The van der Waals surface area contributed by atoms with E-state index < -0.39 is 11.9 Å². The van der Waals surface area contributed by atoms with Crippen molar-refractivity contribution in [3.05, 3.63) is 120 Å². The van der Waals surface area contributed by atoms with E-state index >= 15 is 0 Å². The monoisotopic (exact) mass is 860 g/mol. The molecule has 4 unspecified atom stereocenters. The van der Waals surface area contributed by atoms with Crippen molar-refractivity contribution in [3.8, 4) is 22.3 Å². The van der Waals surface area contributed by atoms with E-state index in [0.717, 1.165) is 33.4 Å². The number of carbonyl (C=O) groups excluding carboxylic acids is 6. The molecule has 0 aliphatic heterocycles. The molecule has 4 rings (SSSR count). The van der Waals surface area contributed by atoms with Crippen molar-refractivity contribution in [2.24, 2.45) is 11.8 Å². The molecule has 0 heterocycles. The van der Waals surface area contributed by atoms with Crippen LogP contribution >= 0.6 is 0 Å². The van der Waals surface area contributed by atoms with Gasteiger partial charge < -0.3 is 39.9 Å². The van der Waals surface area contributed by atoms with Crippen LogP contribution in [0.25, 0.3) is 22.3 Å². The molecule has 4 aromatic carbocycles. The Morgan fingerprint density at radius 2 is 0.803 bits per heavy atom. The molecule has 2 amide bonds. The molecule has 0 bridgehead atoms. The van der Waals surface area contributed by atoms with E-state index in [1.54, 1.807) is 27.7 Å². The maximum absolute atomic E-state index is 12.1. The Morgan fingerprint density at radius 3 is 1.10 bits per heavy atom.